The highest BCUT2D eigenvalue weighted by Gasteiger charge is 2.17. The molecule has 0 aliphatic heterocycles. The fourth-order valence-corrected chi connectivity index (χ4v) is 2.67. The molecule has 1 aliphatic rings. The molecule has 0 saturated heterocycles. The van der Waals surface area contributed by atoms with E-state index in [1.165, 1.54) is 30.4 Å². The molecule has 0 bridgehead atoms. The summed E-state index contributed by atoms with van der Waals surface area (Å²) >= 11 is 0. The summed E-state index contributed by atoms with van der Waals surface area (Å²) in [5.74, 6) is 0.723. The molecule has 0 spiro atoms. The summed E-state index contributed by atoms with van der Waals surface area (Å²) in [6, 6.07) is 0.237. The number of nitrogens with two attached hydrogens (primary N) is 1. The van der Waals surface area contributed by atoms with Gasteiger partial charge < -0.3 is 15.0 Å². The van der Waals surface area contributed by atoms with Crippen LogP contribution in [-0.2, 0) is 17.7 Å². The topological polar surface area (TPSA) is 40.2 Å². The monoisotopic (exact) mass is 264 g/mol. The first kappa shape index (κ1) is 14.6. The van der Waals surface area contributed by atoms with Gasteiger partial charge in [0.2, 0.25) is 0 Å². The lowest BCUT2D eigenvalue weighted by Crippen LogP contribution is -2.09. The number of hydrogen-bond donors (Lipinski definition) is 1. The highest BCUT2D eigenvalue weighted by Crippen LogP contribution is 2.27. The quantitative estimate of drug-likeness (QED) is 0.632. The first-order valence-electron chi connectivity index (χ1n) is 7.68. The van der Waals surface area contributed by atoms with Crippen LogP contribution < -0.4 is 5.73 Å². The van der Waals surface area contributed by atoms with E-state index in [1.54, 1.807) is 0 Å². The fourth-order valence-electron chi connectivity index (χ4n) is 2.67. The van der Waals surface area contributed by atoms with Crippen LogP contribution >= 0.6 is 0 Å². The molecule has 0 amide bonds. The zero-order valence-corrected chi connectivity index (χ0v) is 12.4. The molecule has 1 unspecified atom stereocenters. The van der Waals surface area contributed by atoms with Gasteiger partial charge >= 0.3 is 0 Å². The highest BCUT2D eigenvalue weighted by atomic mass is 16.5. The summed E-state index contributed by atoms with van der Waals surface area (Å²) < 4.78 is 7.94. The molecule has 3 nitrogen and oxygen atoms in total. The Bertz CT molecular complexity index is 384. The minimum absolute atomic E-state index is 0.237. The van der Waals surface area contributed by atoms with Crippen molar-refractivity contribution in [2.75, 3.05) is 13.2 Å². The average molecular weight is 264 g/mol. The molecule has 1 atom stereocenters. The molecular formula is C16H28N2O. The molecule has 0 aromatic carbocycles. The Labute approximate surface area is 117 Å². The Balaban J connectivity index is 1.80. The summed E-state index contributed by atoms with van der Waals surface area (Å²) in [6.07, 6.45) is 10.5. The zero-order valence-electron chi connectivity index (χ0n) is 12.4. The van der Waals surface area contributed by atoms with Crippen LogP contribution in [0.25, 0.3) is 0 Å². The van der Waals surface area contributed by atoms with Gasteiger partial charge in [0.1, 0.15) is 0 Å². The third-order valence-electron chi connectivity index (χ3n) is 3.94. The normalized spacial score (nSPS) is 19.5. The molecule has 0 radical (unpaired) electrons. The van der Waals surface area contributed by atoms with Gasteiger partial charge in [0.25, 0.3) is 0 Å². The van der Waals surface area contributed by atoms with E-state index in [0.29, 0.717) is 0 Å². The minimum Gasteiger partial charge on any atom is -0.380 e. The van der Waals surface area contributed by atoms with Crippen molar-refractivity contribution in [3.05, 3.63) is 23.5 Å². The molecule has 0 saturated carbocycles. The second-order valence-corrected chi connectivity index (χ2v) is 6.12. The summed E-state index contributed by atoms with van der Waals surface area (Å²) in [4.78, 5) is 0. The van der Waals surface area contributed by atoms with E-state index in [-0.39, 0.29) is 6.04 Å². The van der Waals surface area contributed by atoms with Crippen LogP contribution in [0, 0.1) is 5.92 Å². The van der Waals surface area contributed by atoms with E-state index in [1.807, 2.05) is 0 Å². The van der Waals surface area contributed by atoms with Gasteiger partial charge in [0.15, 0.2) is 0 Å². The van der Waals surface area contributed by atoms with Crippen molar-refractivity contribution >= 4 is 0 Å². The molecule has 2 rings (SSSR count). The number of hydrogen-bond acceptors (Lipinski definition) is 2. The molecule has 1 aromatic heterocycles. The maximum Gasteiger partial charge on any atom is 0.0645 e. The Morgan fingerprint density at radius 1 is 1.32 bits per heavy atom. The molecule has 0 fully saturated rings. The minimum atomic E-state index is 0.237. The van der Waals surface area contributed by atoms with E-state index in [4.69, 9.17) is 10.5 Å². The standard InChI is InChI=1S/C16H28N2O/c1-13(2)7-9-19-10-8-18-11-14-5-3-4-6-16(17)15(14)12-18/h11-13,16H,3-10,17H2,1-2H3. The van der Waals surface area contributed by atoms with Crippen LogP contribution in [0.2, 0.25) is 0 Å². The molecule has 19 heavy (non-hydrogen) atoms. The van der Waals surface area contributed by atoms with E-state index < -0.39 is 0 Å². The molecule has 1 aromatic rings. The molecule has 1 aliphatic carbocycles. The van der Waals surface area contributed by atoms with Gasteiger partial charge in [-0.15, -0.1) is 0 Å². The van der Waals surface area contributed by atoms with Gasteiger partial charge in [0.05, 0.1) is 6.61 Å². The van der Waals surface area contributed by atoms with E-state index >= 15 is 0 Å². The average Bonchev–Trinajstić information content (AvgIpc) is 2.69. The van der Waals surface area contributed by atoms with Crippen molar-refractivity contribution in [2.24, 2.45) is 11.7 Å². The Kier molecular flexibility index (Phi) is 5.46. The van der Waals surface area contributed by atoms with Crippen molar-refractivity contribution in [3.63, 3.8) is 0 Å². The van der Waals surface area contributed by atoms with Crippen molar-refractivity contribution in [2.45, 2.75) is 58.5 Å². The predicted molar refractivity (Wildman–Crippen MR) is 79.2 cm³/mol. The Morgan fingerprint density at radius 3 is 2.95 bits per heavy atom. The van der Waals surface area contributed by atoms with Gasteiger partial charge in [-0.05, 0) is 42.7 Å². The van der Waals surface area contributed by atoms with E-state index in [9.17, 15) is 0 Å². The molecular weight excluding hydrogens is 236 g/mol. The number of aryl methyl sites for hydroxylation is 1. The summed E-state index contributed by atoms with van der Waals surface area (Å²) in [5, 5.41) is 0. The number of fused-ring (bicyclic) bond motifs is 1. The third kappa shape index (κ3) is 4.36. The largest absolute Gasteiger partial charge is 0.380 e. The smallest absolute Gasteiger partial charge is 0.0645 e. The van der Waals surface area contributed by atoms with Gasteiger partial charge in [-0.25, -0.2) is 0 Å². The lowest BCUT2D eigenvalue weighted by molar-refractivity contribution is 0.116. The Hall–Kier alpha value is -0.800. The summed E-state index contributed by atoms with van der Waals surface area (Å²) in [6.45, 7) is 7.08. The van der Waals surface area contributed by atoms with Gasteiger partial charge in [-0.1, -0.05) is 20.3 Å². The summed E-state index contributed by atoms with van der Waals surface area (Å²) in [7, 11) is 0. The lowest BCUT2D eigenvalue weighted by atomic mass is 10.1. The second-order valence-electron chi connectivity index (χ2n) is 6.12. The first-order chi connectivity index (χ1) is 9.16. The molecule has 108 valence electrons. The van der Waals surface area contributed by atoms with Gasteiger partial charge in [-0.2, -0.15) is 0 Å². The molecule has 2 N–H and O–H groups in total. The summed E-state index contributed by atoms with van der Waals surface area (Å²) in [5.41, 5.74) is 9.04. The third-order valence-corrected chi connectivity index (χ3v) is 3.94. The van der Waals surface area contributed by atoms with Crippen molar-refractivity contribution in [1.29, 1.82) is 0 Å². The maximum absolute atomic E-state index is 6.22. The molecule has 3 heteroatoms. The van der Waals surface area contributed by atoms with E-state index in [0.717, 1.165) is 38.5 Å². The Morgan fingerprint density at radius 2 is 2.16 bits per heavy atom. The fraction of sp³-hybridized carbons (Fsp3) is 0.750. The van der Waals surface area contributed by atoms with Crippen molar-refractivity contribution < 1.29 is 4.74 Å². The van der Waals surface area contributed by atoms with Crippen molar-refractivity contribution in [1.82, 2.24) is 4.57 Å². The van der Waals surface area contributed by atoms with Gasteiger partial charge in [-0.3, -0.25) is 0 Å². The lowest BCUT2D eigenvalue weighted by Gasteiger charge is -2.08. The van der Waals surface area contributed by atoms with Crippen LogP contribution in [0.1, 0.15) is 56.7 Å². The number of ether oxygens (including phenoxy) is 1. The van der Waals surface area contributed by atoms with Crippen LogP contribution in [-0.4, -0.2) is 17.8 Å². The van der Waals surface area contributed by atoms with Crippen LogP contribution in [0.15, 0.2) is 12.4 Å². The number of aromatic nitrogens is 1. The van der Waals surface area contributed by atoms with E-state index in [2.05, 4.69) is 30.8 Å². The van der Waals surface area contributed by atoms with Crippen LogP contribution in [0.3, 0.4) is 0 Å². The zero-order chi connectivity index (χ0) is 13.7. The number of nitrogens with zero attached hydrogens (tertiary/aromatic N) is 1. The first-order valence-corrected chi connectivity index (χ1v) is 7.68. The SMILES string of the molecule is CC(C)CCOCCn1cc2c(c1)C(N)CCCC2. The highest BCUT2D eigenvalue weighted by molar-refractivity contribution is 5.28. The van der Waals surface area contributed by atoms with Crippen LogP contribution in [0.5, 0.6) is 0 Å². The molecule has 1 heterocycles. The predicted octanol–water partition coefficient (Wildman–Crippen LogP) is 3.28. The number of rotatable bonds is 6. The van der Waals surface area contributed by atoms with Crippen LogP contribution in [0.4, 0.5) is 0 Å². The van der Waals surface area contributed by atoms with Crippen molar-refractivity contribution in [3.8, 4) is 0 Å². The maximum atomic E-state index is 6.22. The second kappa shape index (κ2) is 7.11. The van der Waals surface area contributed by atoms with Gasteiger partial charge in [0, 0.05) is 31.6 Å².